The van der Waals surface area contributed by atoms with E-state index in [1.165, 1.54) is 24.3 Å². The van der Waals surface area contributed by atoms with Crippen molar-refractivity contribution in [2.24, 2.45) is 0 Å². The van der Waals surface area contributed by atoms with Crippen molar-refractivity contribution in [3.05, 3.63) is 83.4 Å². The number of amides is 1. The Morgan fingerprint density at radius 2 is 1.57 bits per heavy atom. The zero-order valence-electron chi connectivity index (χ0n) is 20.6. The average molecular weight is 545 g/mol. The minimum absolute atomic E-state index is 0.00970. The molecule has 0 bridgehead atoms. The highest BCUT2D eigenvalue weighted by molar-refractivity contribution is 7.92. The second kappa shape index (κ2) is 13.1. The van der Waals surface area contributed by atoms with Crippen LogP contribution < -0.4 is 14.4 Å². The molecule has 0 saturated carbocycles. The molecular weight excluding hydrogens is 516 g/mol. The summed E-state index contributed by atoms with van der Waals surface area (Å²) in [6.45, 7) is 4.17. The number of carbonyl (C=O) groups is 2. The SMILES string of the molecule is CCCCOC(=O)c1ccc(NC(=O)CN(c2ccc(OCC)cc2)S(=O)(=O)c2ccc(Cl)cc2)cc1. The summed E-state index contributed by atoms with van der Waals surface area (Å²) in [7, 11) is -4.10. The van der Waals surface area contributed by atoms with Crippen LogP contribution in [0.2, 0.25) is 5.02 Å². The highest BCUT2D eigenvalue weighted by atomic mass is 35.5. The molecule has 1 amide bonds. The molecule has 37 heavy (non-hydrogen) atoms. The van der Waals surface area contributed by atoms with Crippen molar-refractivity contribution >= 4 is 44.9 Å². The van der Waals surface area contributed by atoms with Gasteiger partial charge in [-0.2, -0.15) is 0 Å². The molecule has 1 N–H and O–H groups in total. The smallest absolute Gasteiger partial charge is 0.338 e. The molecule has 3 rings (SSSR count). The van der Waals surface area contributed by atoms with Gasteiger partial charge in [-0.3, -0.25) is 9.10 Å². The van der Waals surface area contributed by atoms with Crippen molar-refractivity contribution in [1.29, 1.82) is 0 Å². The summed E-state index contributed by atoms with van der Waals surface area (Å²) in [6.07, 6.45) is 1.70. The number of benzene rings is 3. The molecule has 8 nitrogen and oxygen atoms in total. The van der Waals surface area contributed by atoms with E-state index in [4.69, 9.17) is 21.1 Å². The number of anilines is 2. The summed E-state index contributed by atoms with van der Waals surface area (Å²) in [5.74, 6) is -0.431. The molecule has 10 heteroatoms. The van der Waals surface area contributed by atoms with Gasteiger partial charge < -0.3 is 14.8 Å². The number of halogens is 1. The standard InChI is InChI=1S/C27H29ClN2O6S/c1-3-5-18-36-27(32)20-6-10-22(11-7-20)29-26(31)19-30(23-12-14-24(15-13-23)35-4-2)37(33,34)25-16-8-21(28)9-17-25/h6-17H,3-5,18-19H2,1-2H3,(H,29,31). The summed E-state index contributed by atoms with van der Waals surface area (Å²) in [5, 5.41) is 3.07. The molecule has 0 unspecified atom stereocenters. The Bertz CT molecular complexity index is 1290. The molecule has 0 heterocycles. The van der Waals surface area contributed by atoms with Gasteiger partial charge in [0.2, 0.25) is 5.91 Å². The van der Waals surface area contributed by atoms with Crippen molar-refractivity contribution in [1.82, 2.24) is 0 Å². The van der Waals surface area contributed by atoms with Crippen molar-refractivity contribution < 1.29 is 27.5 Å². The van der Waals surface area contributed by atoms with Gasteiger partial charge >= 0.3 is 5.97 Å². The van der Waals surface area contributed by atoms with Crippen molar-refractivity contribution in [3.8, 4) is 5.75 Å². The topological polar surface area (TPSA) is 102 Å². The van der Waals surface area contributed by atoms with Crippen LogP contribution in [0.25, 0.3) is 0 Å². The van der Waals surface area contributed by atoms with Crippen LogP contribution >= 0.6 is 11.6 Å². The maximum absolute atomic E-state index is 13.5. The number of sulfonamides is 1. The van der Waals surface area contributed by atoms with E-state index in [2.05, 4.69) is 5.32 Å². The molecule has 0 spiro atoms. The first-order chi connectivity index (χ1) is 17.7. The fourth-order valence-electron chi connectivity index (χ4n) is 3.34. The molecule has 3 aromatic rings. The van der Waals surface area contributed by atoms with Gasteiger partial charge in [-0.15, -0.1) is 0 Å². The molecule has 0 radical (unpaired) electrons. The second-order valence-corrected chi connectivity index (χ2v) is 10.3. The third-order valence-corrected chi connectivity index (χ3v) is 7.30. The number of nitrogens with zero attached hydrogens (tertiary/aromatic N) is 1. The predicted octanol–water partition coefficient (Wildman–Crippen LogP) is 5.53. The molecule has 0 aliphatic carbocycles. The monoisotopic (exact) mass is 544 g/mol. The fraction of sp³-hybridized carbons (Fsp3) is 0.259. The maximum Gasteiger partial charge on any atom is 0.338 e. The first kappa shape index (κ1) is 28.0. The van der Waals surface area contributed by atoms with Gasteiger partial charge in [0.25, 0.3) is 10.0 Å². The van der Waals surface area contributed by atoms with Crippen LogP contribution in [0.5, 0.6) is 5.75 Å². The fourth-order valence-corrected chi connectivity index (χ4v) is 4.88. The van der Waals surface area contributed by atoms with E-state index in [9.17, 15) is 18.0 Å². The summed E-state index contributed by atoms with van der Waals surface area (Å²) in [4.78, 5) is 25.0. The lowest BCUT2D eigenvalue weighted by Crippen LogP contribution is -2.38. The van der Waals surface area contributed by atoms with Crippen LogP contribution in [0.15, 0.2) is 77.7 Å². The summed E-state index contributed by atoms with van der Waals surface area (Å²) in [5.41, 5.74) is 1.06. The van der Waals surface area contributed by atoms with Gasteiger partial charge in [-0.1, -0.05) is 24.9 Å². The molecule has 0 atom stereocenters. The van der Waals surface area contributed by atoms with Crippen molar-refractivity contribution in [3.63, 3.8) is 0 Å². The van der Waals surface area contributed by atoms with Crippen LogP contribution in [0.3, 0.4) is 0 Å². The van der Waals surface area contributed by atoms with Crippen LogP contribution in [0.1, 0.15) is 37.0 Å². The number of ether oxygens (including phenoxy) is 2. The normalized spacial score (nSPS) is 11.0. The Kier molecular flexibility index (Phi) is 9.93. The molecule has 196 valence electrons. The Morgan fingerprint density at radius 3 is 2.16 bits per heavy atom. The quantitative estimate of drug-likeness (QED) is 0.237. The van der Waals surface area contributed by atoms with Gasteiger partial charge in [0.1, 0.15) is 12.3 Å². The zero-order chi connectivity index (χ0) is 26.8. The maximum atomic E-state index is 13.5. The Morgan fingerprint density at radius 1 is 0.919 bits per heavy atom. The average Bonchev–Trinajstić information content (AvgIpc) is 2.89. The van der Waals surface area contributed by atoms with E-state index in [1.54, 1.807) is 48.5 Å². The number of hydrogen-bond donors (Lipinski definition) is 1. The van der Waals surface area contributed by atoms with Gasteiger partial charge in [-0.25, -0.2) is 13.2 Å². The third kappa shape index (κ3) is 7.71. The molecule has 0 saturated heterocycles. The lowest BCUT2D eigenvalue weighted by atomic mass is 10.2. The minimum atomic E-state index is -4.10. The van der Waals surface area contributed by atoms with Crippen LogP contribution in [0, 0.1) is 0 Å². The first-order valence-corrected chi connectivity index (χ1v) is 13.6. The van der Waals surface area contributed by atoms with Crippen molar-refractivity contribution in [2.45, 2.75) is 31.6 Å². The zero-order valence-corrected chi connectivity index (χ0v) is 22.2. The summed E-state index contributed by atoms with van der Waals surface area (Å²) < 4.78 is 38.6. The van der Waals surface area contributed by atoms with Crippen LogP contribution in [-0.4, -0.2) is 40.1 Å². The Labute approximate surface area is 222 Å². The van der Waals surface area contributed by atoms with E-state index in [1.807, 2.05) is 13.8 Å². The number of esters is 1. The third-order valence-electron chi connectivity index (χ3n) is 5.26. The lowest BCUT2D eigenvalue weighted by molar-refractivity contribution is -0.114. The highest BCUT2D eigenvalue weighted by Crippen LogP contribution is 2.27. The number of rotatable bonds is 12. The first-order valence-electron chi connectivity index (χ1n) is 11.8. The number of hydrogen-bond acceptors (Lipinski definition) is 6. The lowest BCUT2D eigenvalue weighted by Gasteiger charge is -2.24. The van der Waals surface area contributed by atoms with Crippen LogP contribution in [-0.2, 0) is 19.6 Å². The number of nitrogens with one attached hydrogen (secondary N) is 1. The summed E-state index contributed by atoms with van der Waals surface area (Å²) >= 11 is 5.93. The van der Waals surface area contributed by atoms with Gasteiger partial charge in [0.15, 0.2) is 0 Å². The molecule has 0 fully saturated rings. The molecule has 3 aromatic carbocycles. The highest BCUT2D eigenvalue weighted by Gasteiger charge is 2.27. The molecular formula is C27H29ClN2O6S. The van der Waals surface area contributed by atoms with E-state index in [-0.39, 0.29) is 4.90 Å². The Hall–Kier alpha value is -3.56. The van der Waals surface area contributed by atoms with E-state index >= 15 is 0 Å². The van der Waals surface area contributed by atoms with Crippen LogP contribution in [0.4, 0.5) is 11.4 Å². The second-order valence-electron chi connectivity index (χ2n) is 8.01. The number of unbranched alkanes of at least 4 members (excludes halogenated alkanes) is 1. The van der Waals surface area contributed by atoms with E-state index in [0.29, 0.717) is 40.9 Å². The van der Waals surface area contributed by atoms with Crippen molar-refractivity contribution in [2.75, 3.05) is 29.4 Å². The Balaban J connectivity index is 1.79. The van der Waals surface area contributed by atoms with Gasteiger partial charge in [-0.05, 0) is 86.1 Å². The van der Waals surface area contributed by atoms with Gasteiger partial charge in [0.05, 0.1) is 29.4 Å². The van der Waals surface area contributed by atoms with Gasteiger partial charge in [0, 0.05) is 10.7 Å². The minimum Gasteiger partial charge on any atom is -0.494 e. The number of carbonyl (C=O) groups excluding carboxylic acids is 2. The van der Waals surface area contributed by atoms with E-state index < -0.39 is 28.4 Å². The van der Waals surface area contributed by atoms with E-state index in [0.717, 1.165) is 17.1 Å². The molecule has 0 aliphatic rings. The molecule has 0 aliphatic heterocycles. The predicted molar refractivity (Wildman–Crippen MR) is 144 cm³/mol. The largest absolute Gasteiger partial charge is 0.494 e. The molecule has 0 aromatic heterocycles. The summed E-state index contributed by atoms with van der Waals surface area (Å²) in [6, 6.07) is 18.3.